The summed E-state index contributed by atoms with van der Waals surface area (Å²) in [5.41, 5.74) is 5.44. The predicted octanol–water partition coefficient (Wildman–Crippen LogP) is 7.54. The third-order valence-electron chi connectivity index (χ3n) is 8.88. The lowest BCUT2D eigenvalue weighted by Gasteiger charge is -2.45. The van der Waals surface area contributed by atoms with E-state index in [-0.39, 0.29) is 16.9 Å². The van der Waals surface area contributed by atoms with Crippen LogP contribution in [0.2, 0.25) is 0 Å². The van der Waals surface area contributed by atoms with E-state index in [1.807, 2.05) is 0 Å². The molecule has 4 nitrogen and oxygen atoms in total. The standard InChI is InChI=1S/C32H48O4/c1-8-31(16-22(3)12-23(4)17-31)27-14-28(32(9-2)18-24(5)13-25(6)19-32)30(36-21-26-20-35-26)15-29(27)34-11-10-33-7/h14-15,23,25-26H,3,5,8-13,16-21H2,1-2,4,6-7H3. The van der Waals surface area contributed by atoms with Gasteiger partial charge in [-0.2, -0.15) is 0 Å². The number of rotatable bonds is 11. The molecule has 0 bridgehead atoms. The smallest absolute Gasteiger partial charge is 0.126 e. The molecule has 2 aliphatic carbocycles. The van der Waals surface area contributed by atoms with Crippen LogP contribution in [-0.2, 0) is 20.3 Å². The van der Waals surface area contributed by atoms with E-state index < -0.39 is 0 Å². The minimum absolute atomic E-state index is 0.0241. The van der Waals surface area contributed by atoms with Gasteiger partial charge in [0.05, 0.1) is 13.2 Å². The Kier molecular flexibility index (Phi) is 8.56. The molecule has 0 spiro atoms. The predicted molar refractivity (Wildman–Crippen MR) is 147 cm³/mol. The Labute approximate surface area is 219 Å². The van der Waals surface area contributed by atoms with Gasteiger partial charge in [0.2, 0.25) is 0 Å². The maximum absolute atomic E-state index is 6.53. The van der Waals surface area contributed by atoms with Gasteiger partial charge in [-0.15, -0.1) is 0 Å². The lowest BCUT2D eigenvalue weighted by molar-refractivity contribution is 0.143. The van der Waals surface area contributed by atoms with Crippen LogP contribution in [0.25, 0.3) is 0 Å². The number of ether oxygens (including phenoxy) is 4. The van der Waals surface area contributed by atoms with Crippen LogP contribution in [-0.4, -0.2) is 39.6 Å². The van der Waals surface area contributed by atoms with E-state index in [4.69, 9.17) is 18.9 Å². The molecule has 3 fully saturated rings. The first-order chi connectivity index (χ1) is 17.2. The van der Waals surface area contributed by atoms with Gasteiger partial charge in [0, 0.05) is 35.1 Å². The summed E-state index contributed by atoms with van der Waals surface area (Å²) >= 11 is 0. The van der Waals surface area contributed by atoms with Crippen molar-refractivity contribution < 1.29 is 18.9 Å². The van der Waals surface area contributed by atoms with E-state index in [1.54, 1.807) is 7.11 Å². The minimum Gasteiger partial charge on any atom is -0.491 e. The zero-order valence-corrected chi connectivity index (χ0v) is 23.4. The SMILES string of the molecule is C=C1CC(C)CC(CC)(c2cc(C3(CC)CC(=C)CC(C)C3)c(OCC3CO3)cc2OCCOC)C1. The zero-order chi connectivity index (χ0) is 25.9. The molecule has 1 aromatic carbocycles. The molecule has 3 aliphatic rings. The molecular formula is C32H48O4. The Morgan fingerprint density at radius 3 is 1.83 bits per heavy atom. The summed E-state index contributed by atoms with van der Waals surface area (Å²) in [7, 11) is 1.72. The maximum atomic E-state index is 6.53. The van der Waals surface area contributed by atoms with Gasteiger partial charge in [0.15, 0.2) is 0 Å². The second-order valence-electron chi connectivity index (χ2n) is 12.1. The first kappa shape index (κ1) is 27.3. The van der Waals surface area contributed by atoms with Gasteiger partial charge >= 0.3 is 0 Å². The second-order valence-corrected chi connectivity index (χ2v) is 12.1. The van der Waals surface area contributed by atoms with Crippen molar-refractivity contribution in [2.24, 2.45) is 11.8 Å². The van der Waals surface area contributed by atoms with Gasteiger partial charge in [-0.1, -0.05) is 52.0 Å². The number of hydrogen-bond acceptors (Lipinski definition) is 4. The van der Waals surface area contributed by atoms with E-state index in [9.17, 15) is 0 Å². The lowest BCUT2D eigenvalue weighted by Crippen LogP contribution is -2.36. The van der Waals surface area contributed by atoms with Crippen molar-refractivity contribution in [3.63, 3.8) is 0 Å². The fourth-order valence-corrected chi connectivity index (χ4v) is 7.25. The Hall–Kier alpha value is -1.78. The van der Waals surface area contributed by atoms with Crippen molar-refractivity contribution in [1.29, 1.82) is 0 Å². The van der Waals surface area contributed by atoms with Crippen LogP contribution in [0.4, 0.5) is 0 Å². The van der Waals surface area contributed by atoms with Crippen molar-refractivity contribution in [3.8, 4) is 11.5 Å². The molecule has 4 heteroatoms. The summed E-state index contributed by atoms with van der Waals surface area (Å²) in [5.74, 6) is 3.13. The van der Waals surface area contributed by atoms with Gasteiger partial charge in [0.25, 0.3) is 0 Å². The van der Waals surface area contributed by atoms with Crippen molar-refractivity contribution in [1.82, 2.24) is 0 Å². The molecule has 4 rings (SSSR count). The van der Waals surface area contributed by atoms with Crippen molar-refractivity contribution >= 4 is 0 Å². The highest BCUT2D eigenvalue weighted by molar-refractivity contribution is 5.54. The highest BCUT2D eigenvalue weighted by Gasteiger charge is 2.43. The monoisotopic (exact) mass is 496 g/mol. The van der Waals surface area contributed by atoms with Gasteiger partial charge in [-0.05, 0) is 69.3 Å². The van der Waals surface area contributed by atoms with Crippen molar-refractivity contribution in [3.05, 3.63) is 47.6 Å². The van der Waals surface area contributed by atoms with Crippen LogP contribution < -0.4 is 9.47 Å². The molecule has 0 radical (unpaired) electrons. The molecule has 1 aliphatic heterocycles. The molecule has 1 saturated heterocycles. The van der Waals surface area contributed by atoms with Crippen LogP contribution in [0.3, 0.4) is 0 Å². The minimum atomic E-state index is 0.0241. The number of methoxy groups -OCH3 is 1. The molecule has 200 valence electrons. The lowest BCUT2D eigenvalue weighted by atomic mass is 9.60. The highest BCUT2D eigenvalue weighted by Crippen LogP contribution is 2.54. The molecule has 0 aromatic heterocycles. The highest BCUT2D eigenvalue weighted by atomic mass is 16.6. The Balaban J connectivity index is 1.87. The largest absolute Gasteiger partial charge is 0.491 e. The first-order valence-corrected chi connectivity index (χ1v) is 14.1. The van der Waals surface area contributed by atoms with E-state index in [0.717, 1.165) is 69.5 Å². The molecule has 5 unspecified atom stereocenters. The van der Waals surface area contributed by atoms with Crippen molar-refractivity contribution in [2.45, 2.75) is 96.0 Å². The van der Waals surface area contributed by atoms with Crippen LogP contribution in [0.1, 0.15) is 90.2 Å². The average molecular weight is 497 g/mol. The zero-order valence-electron chi connectivity index (χ0n) is 23.4. The Bertz CT molecular complexity index is 948. The fourth-order valence-electron chi connectivity index (χ4n) is 7.25. The topological polar surface area (TPSA) is 40.2 Å². The normalized spacial score (nSPS) is 32.4. The summed E-state index contributed by atoms with van der Waals surface area (Å²) in [5, 5.41) is 0. The molecular weight excluding hydrogens is 448 g/mol. The molecule has 1 aromatic rings. The second kappa shape index (κ2) is 11.3. The van der Waals surface area contributed by atoms with Crippen LogP contribution in [0.15, 0.2) is 36.4 Å². The Morgan fingerprint density at radius 2 is 1.39 bits per heavy atom. The van der Waals surface area contributed by atoms with E-state index in [1.165, 1.54) is 22.3 Å². The summed E-state index contributed by atoms with van der Waals surface area (Å²) in [6.45, 7) is 20.8. The summed E-state index contributed by atoms with van der Waals surface area (Å²) in [4.78, 5) is 0. The third kappa shape index (κ3) is 5.86. The summed E-state index contributed by atoms with van der Waals surface area (Å²) in [6, 6.07) is 4.68. The summed E-state index contributed by atoms with van der Waals surface area (Å²) in [6.07, 6.45) is 8.93. The van der Waals surface area contributed by atoms with E-state index >= 15 is 0 Å². The molecule has 5 atom stereocenters. The van der Waals surface area contributed by atoms with E-state index in [2.05, 4.69) is 53.0 Å². The molecule has 0 N–H and O–H groups in total. The van der Waals surface area contributed by atoms with Gasteiger partial charge < -0.3 is 18.9 Å². The molecule has 1 heterocycles. The molecule has 36 heavy (non-hydrogen) atoms. The Morgan fingerprint density at radius 1 is 0.861 bits per heavy atom. The maximum Gasteiger partial charge on any atom is 0.126 e. The third-order valence-corrected chi connectivity index (χ3v) is 8.88. The van der Waals surface area contributed by atoms with Gasteiger partial charge in [-0.25, -0.2) is 0 Å². The van der Waals surface area contributed by atoms with Gasteiger partial charge in [-0.3, -0.25) is 0 Å². The average Bonchev–Trinajstić information content (AvgIpc) is 3.66. The number of epoxide rings is 1. The number of hydrogen-bond donors (Lipinski definition) is 0. The fraction of sp³-hybridized carbons (Fsp3) is 0.688. The molecule has 0 amide bonds. The van der Waals surface area contributed by atoms with Crippen LogP contribution >= 0.6 is 0 Å². The number of allylic oxidation sites excluding steroid dienone is 2. The molecule has 2 saturated carbocycles. The van der Waals surface area contributed by atoms with E-state index in [0.29, 0.717) is 31.7 Å². The van der Waals surface area contributed by atoms with Crippen molar-refractivity contribution in [2.75, 3.05) is 33.5 Å². The number of benzene rings is 1. The van der Waals surface area contributed by atoms with Crippen LogP contribution in [0, 0.1) is 11.8 Å². The van der Waals surface area contributed by atoms with Gasteiger partial charge in [0.1, 0.15) is 30.8 Å². The first-order valence-electron chi connectivity index (χ1n) is 14.1. The summed E-state index contributed by atoms with van der Waals surface area (Å²) < 4.78 is 23.8. The quantitative estimate of drug-likeness (QED) is 0.180. The van der Waals surface area contributed by atoms with Crippen LogP contribution in [0.5, 0.6) is 11.5 Å².